The van der Waals surface area contributed by atoms with E-state index in [1.807, 2.05) is 11.8 Å². The van der Waals surface area contributed by atoms with Gasteiger partial charge in [0.15, 0.2) is 0 Å². The van der Waals surface area contributed by atoms with Crippen LogP contribution in [-0.2, 0) is 4.79 Å². The van der Waals surface area contributed by atoms with Crippen LogP contribution in [0, 0.1) is 0 Å². The molecule has 2 rings (SSSR count). The van der Waals surface area contributed by atoms with Gasteiger partial charge in [-0.15, -0.1) is 0 Å². The SMILES string of the molecule is CCC(C)NC(=O)CN1CCN(C(=O)Nc2c(C(C)C)cccc2C(C)C)CC1. The molecule has 3 amide bonds. The number of anilines is 1. The highest BCUT2D eigenvalue weighted by Crippen LogP contribution is 2.32. The van der Waals surface area contributed by atoms with Gasteiger partial charge in [0.1, 0.15) is 0 Å². The van der Waals surface area contributed by atoms with Gasteiger partial charge >= 0.3 is 6.03 Å². The van der Waals surface area contributed by atoms with Gasteiger partial charge in [-0.25, -0.2) is 4.79 Å². The Morgan fingerprint density at radius 1 is 0.966 bits per heavy atom. The van der Waals surface area contributed by atoms with Crippen LogP contribution in [0.15, 0.2) is 18.2 Å². The van der Waals surface area contributed by atoms with Crippen molar-refractivity contribution in [1.29, 1.82) is 0 Å². The van der Waals surface area contributed by atoms with Crippen molar-refractivity contribution in [1.82, 2.24) is 15.1 Å². The molecule has 1 saturated heterocycles. The lowest BCUT2D eigenvalue weighted by molar-refractivity contribution is -0.123. The van der Waals surface area contributed by atoms with Crippen LogP contribution in [0.3, 0.4) is 0 Å². The molecule has 0 bridgehead atoms. The Balaban J connectivity index is 1.96. The Morgan fingerprint density at radius 2 is 1.52 bits per heavy atom. The molecule has 1 fully saturated rings. The quantitative estimate of drug-likeness (QED) is 0.725. The van der Waals surface area contributed by atoms with E-state index >= 15 is 0 Å². The van der Waals surface area contributed by atoms with E-state index in [1.165, 1.54) is 11.1 Å². The van der Waals surface area contributed by atoms with Crippen LogP contribution in [0.4, 0.5) is 10.5 Å². The minimum absolute atomic E-state index is 0.0521. The van der Waals surface area contributed by atoms with Crippen LogP contribution < -0.4 is 10.6 Å². The molecular formula is C23H38N4O2. The first-order valence-corrected chi connectivity index (χ1v) is 10.9. The third-order valence-electron chi connectivity index (χ3n) is 5.65. The maximum Gasteiger partial charge on any atom is 0.321 e. The molecule has 1 aliphatic heterocycles. The molecular weight excluding hydrogens is 364 g/mol. The van der Waals surface area contributed by atoms with E-state index in [4.69, 9.17) is 0 Å². The molecule has 0 radical (unpaired) electrons. The highest BCUT2D eigenvalue weighted by molar-refractivity contribution is 5.91. The number of nitrogens with one attached hydrogen (secondary N) is 2. The van der Waals surface area contributed by atoms with E-state index in [1.54, 1.807) is 0 Å². The maximum atomic E-state index is 12.9. The van der Waals surface area contributed by atoms with E-state index in [2.05, 4.69) is 68.4 Å². The topological polar surface area (TPSA) is 64.7 Å². The molecule has 1 heterocycles. The number of hydrogen-bond acceptors (Lipinski definition) is 3. The summed E-state index contributed by atoms with van der Waals surface area (Å²) < 4.78 is 0. The number of rotatable bonds is 7. The Hall–Kier alpha value is -2.08. The Morgan fingerprint density at radius 3 is 2.00 bits per heavy atom. The third-order valence-corrected chi connectivity index (χ3v) is 5.65. The van der Waals surface area contributed by atoms with Crippen molar-refractivity contribution in [3.8, 4) is 0 Å². The minimum Gasteiger partial charge on any atom is -0.353 e. The predicted octanol–water partition coefficient (Wildman–Crippen LogP) is 4.00. The maximum absolute atomic E-state index is 12.9. The molecule has 1 aliphatic rings. The summed E-state index contributed by atoms with van der Waals surface area (Å²) in [6.07, 6.45) is 0.926. The van der Waals surface area contributed by atoms with E-state index in [9.17, 15) is 9.59 Å². The van der Waals surface area contributed by atoms with Crippen molar-refractivity contribution in [2.75, 3.05) is 38.0 Å². The number of nitrogens with zero attached hydrogens (tertiary/aromatic N) is 2. The normalized spacial score (nSPS) is 16.2. The highest BCUT2D eigenvalue weighted by Gasteiger charge is 2.24. The van der Waals surface area contributed by atoms with Gasteiger partial charge in [0.25, 0.3) is 0 Å². The van der Waals surface area contributed by atoms with Crippen molar-refractivity contribution in [3.63, 3.8) is 0 Å². The Labute approximate surface area is 176 Å². The van der Waals surface area contributed by atoms with Gasteiger partial charge in [0, 0.05) is 37.9 Å². The fourth-order valence-corrected chi connectivity index (χ4v) is 3.62. The van der Waals surface area contributed by atoms with Crippen LogP contribution in [0.1, 0.15) is 70.9 Å². The summed E-state index contributed by atoms with van der Waals surface area (Å²) in [6.45, 7) is 15.8. The second-order valence-corrected chi connectivity index (χ2v) is 8.69. The molecule has 29 heavy (non-hydrogen) atoms. The molecule has 0 aliphatic carbocycles. The number of benzene rings is 1. The minimum atomic E-state index is -0.0521. The molecule has 0 spiro atoms. The van der Waals surface area contributed by atoms with Gasteiger partial charge < -0.3 is 15.5 Å². The van der Waals surface area contributed by atoms with Gasteiger partial charge in [0.05, 0.1) is 6.54 Å². The number of carbonyl (C=O) groups excluding carboxylic acids is 2. The Kier molecular flexibility index (Phi) is 8.50. The highest BCUT2D eigenvalue weighted by atomic mass is 16.2. The summed E-state index contributed by atoms with van der Waals surface area (Å²) in [5.74, 6) is 0.736. The van der Waals surface area contributed by atoms with Crippen molar-refractivity contribution >= 4 is 17.6 Å². The molecule has 0 aromatic heterocycles. The first-order chi connectivity index (χ1) is 13.7. The number of carbonyl (C=O) groups is 2. The fourth-order valence-electron chi connectivity index (χ4n) is 3.62. The lowest BCUT2D eigenvalue weighted by Crippen LogP contribution is -2.52. The second kappa shape index (κ2) is 10.6. The van der Waals surface area contributed by atoms with E-state index in [0.29, 0.717) is 44.6 Å². The zero-order chi connectivity index (χ0) is 21.6. The molecule has 162 valence electrons. The van der Waals surface area contributed by atoms with Crippen LogP contribution in [0.5, 0.6) is 0 Å². The van der Waals surface area contributed by atoms with Crippen molar-refractivity contribution in [3.05, 3.63) is 29.3 Å². The first-order valence-electron chi connectivity index (χ1n) is 10.9. The molecule has 6 heteroatoms. The molecule has 2 N–H and O–H groups in total. The summed E-state index contributed by atoms with van der Waals surface area (Å²) in [5, 5.41) is 6.19. The van der Waals surface area contributed by atoms with Crippen LogP contribution >= 0.6 is 0 Å². The van der Waals surface area contributed by atoms with Gasteiger partial charge in [-0.05, 0) is 36.3 Å². The van der Waals surface area contributed by atoms with Crippen LogP contribution in [0.25, 0.3) is 0 Å². The van der Waals surface area contributed by atoms with Gasteiger partial charge in [0.2, 0.25) is 5.91 Å². The number of hydrogen-bond donors (Lipinski definition) is 2. The van der Waals surface area contributed by atoms with Crippen molar-refractivity contribution < 1.29 is 9.59 Å². The van der Waals surface area contributed by atoms with Gasteiger partial charge in [-0.3, -0.25) is 9.69 Å². The number of urea groups is 1. The molecule has 1 unspecified atom stereocenters. The second-order valence-electron chi connectivity index (χ2n) is 8.69. The standard InChI is InChI=1S/C23H38N4O2/c1-7-18(6)24-21(28)15-26-11-13-27(14-12-26)23(29)25-22-19(16(2)3)9-8-10-20(22)17(4)5/h8-10,16-18H,7,11-15H2,1-6H3,(H,24,28)(H,25,29). The number of para-hydroxylation sites is 1. The van der Waals surface area contributed by atoms with Gasteiger partial charge in [-0.1, -0.05) is 52.8 Å². The zero-order valence-corrected chi connectivity index (χ0v) is 18.9. The summed E-state index contributed by atoms with van der Waals surface area (Å²) in [7, 11) is 0. The van der Waals surface area contributed by atoms with E-state index < -0.39 is 0 Å². The molecule has 6 nitrogen and oxygen atoms in total. The average Bonchev–Trinajstić information content (AvgIpc) is 2.67. The summed E-state index contributed by atoms with van der Waals surface area (Å²) in [4.78, 5) is 29.0. The molecule has 1 aromatic carbocycles. The lowest BCUT2D eigenvalue weighted by atomic mass is 9.93. The molecule has 0 saturated carbocycles. The molecule has 1 atom stereocenters. The molecule has 1 aromatic rings. The predicted molar refractivity (Wildman–Crippen MR) is 120 cm³/mol. The summed E-state index contributed by atoms with van der Waals surface area (Å²) in [5.41, 5.74) is 3.30. The Bertz CT molecular complexity index is 668. The number of piperazine rings is 1. The smallest absolute Gasteiger partial charge is 0.321 e. The third kappa shape index (κ3) is 6.46. The van der Waals surface area contributed by atoms with Crippen molar-refractivity contribution in [2.24, 2.45) is 0 Å². The summed E-state index contributed by atoms with van der Waals surface area (Å²) >= 11 is 0. The van der Waals surface area contributed by atoms with E-state index in [0.717, 1.165) is 12.1 Å². The first kappa shape index (κ1) is 23.2. The summed E-state index contributed by atoms with van der Waals surface area (Å²) in [6, 6.07) is 6.42. The van der Waals surface area contributed by atoms with Crippen LogP contribution in [-0.4, -0.2) is 60.5 Å². The van der Waals surface area contributed by atoms with Gasteiger partial charge in [-0.2, -0.15) is 0 Å². The fraction of sp³-hybridized carbons (Fsp3) is 0.652. The largest absolute Gasteiger partial charge is 0.353 e. The monoisotopic (exact) mass is 402 g/mol. The van der Waals surface area contributed by atoms with Crippen LogP contribution in [0.2, 0.25) is 0 Å². The van der Waals surface area contributed by atoms with E-state index in [-0.39, 0.29) is 18.0 Å². The lowest BCUT2D eigenvalue weighted by Gasteiger charge is -2.35. The van der Waals surface area contributed by atoms with Crippen molar-refractivity contribution in [2.45, 2.75) is 65.8 Å². The average molecular weight is 403 g/mol. The number of amides is 3. The zero-order valence-electron chi connectivity index (χ0n) is 18.9.